The van der Waals surface area contributed by atoms with Crippen molar-refractivity contribution in [3.05, 3.63) is 84.4 Å². The van der Waals surface area contributed by atoms with E-state index in [0.717, 1.165) is 9.87 Å². The molecule has 3 rings (SSSR count). The average Bonchev–Trinajstić information content (AvgIpc) is 2.73. The summed E-state index contributed by atoms with van der Waals surface area (Å²) in [6, 6.07) is 21.9. The predicted octanol–water partition coefficient (Wildman–Crippen LogP) is 3.84. The molecule has 0 aliphatic rings. The van der Waals surface area contributed by atoms with Gasteiger partial charge in [0.1, 0.15) is 12.3 Å². The van der Waals surface area contributed by atoms with Crippen molar-refractivity contribution in [1.82, 2.24) is 0 Å². The van der Waals surface area contributed by atoms with Gasteiger partial charge in [-0.2, -0.15) is 0 Å². The third-order valence-electron chi connectivity index (χ3n) is 4.28. The molecule has 0 unspecified atom stereocenters. The topological polar surface area (TPSA) is 75.7 Å². The Balaban J connectivity index is 1.90. The summed E-state index contributed by atoms with van der Waals surface area (Å²) in [5, 5.41) is 2.73. The quantitative estimate of drug-likeness (QED) is 0.642. The first kappa shape index (κ1) is 20.4. The molecule has 0 fully saturated rings. The minimum absolute atomic E-state index is 0.124. The van der Waals surface area contributed by atoms with Crippen LogP contribution in [0.25, 0.3) is 0 Å². The van der Waals surface area contributed by atoms with Crippen LogP contribution >= 0.6 is 0 Å². The van der Waals surface area contributed by atoms with E-state index in [2.05, 4.69) is 5.32 Å². The van der Waals surface area contributed by atoms with E-state index in [1.165, 1.54) is 12.1 Å². The molecule has 3 aromatic carbocycles. The van der Waals surface area contributed by atoms with Crippen LogP contribution in [0.1, 0.15) is 5.56 Å². The zero-order chi connectivity index (χ0) is 20.9. The van der Waals surface area contributed by atoms with Gasteiger partial charge in [0.2, 0.25) is 5.91 Å². The summed E-state index contributed by atoms with van der Waals surface area (Å²) in [6.45, 7) is 1.51. The fourth-order valence-corrected chi connectivity index (χ4v) is 4.26. The highest BCUT2D eigenvalue weighted by atomic mass is 32.2. The third-order valence-corrected chi connectivity index (χ3v) is 6.07. The Bertz CT molecular complexity index is 1080. The van der Waals surface area contributed by atoms with Crippen molar-refractivity contribution in [2.75, 3.05) is 23.3 Å². The maximum absolute atomic E-state index is 13.2. The molecule has 0 aliphatic heterocycles. The number of ether oxygens (including phenoxy) is 1. The van der Waals surface area contributed by atoms with E-state index in [1.54, 1.807) is 67.8 Å². The SMILES string of the molecule is COc1ccc(NC(=O)CN(c2cccc(C)c2)S(=O)(=O)c2ccccc2)cc1. The Morgan fingerprint density at radius 1 is 0.966 bits per heavy atom. The molecule has 0 saturated carbocycles. The Kier molecular flexibility index (Phi) is 6.19. The molecule has 0 saturated heterocycles. The zero-order valence-electron chi connectivity index (χ0n) is 16.2. The van der Waals surface area contributed by atoms with Crippen LogP contribution in [0.15, 0.2) is 83.8 Å². The number of benzene rings is 3. The van der Waals surface area contributed by atoms with Crippen molar-refractivity contribution in [2.24, 2.45) is 0 Å². The lowest BCUT2D eigenvalue weighted by molar-refractivity contribution is -0.114. The molecule has 1 N–H and O–H groups in total. The molecular formula is C22H22N2O4S. The highest BCUT2D eigenvalue weighted by molar-refractivity contribution is 7.92. The number of amides is 1. The fraction of sp³-hybridized carbons (Fsp3) is 0.136. The van der Waals surface area contributed by atoms with E-state index < -0.39 is 15.9 Å². The number of anilines is 2. The van der Waals surface area contributed by atoms with Gasteiger partial charge in [0, 0.05) is 5.69 Å². The molecular weight excluding hydrogens is 388 g/mol. The van der Waals surface area contributed by atoms with Gasteiger partial charge < -0.3 is 10.1 Å². The first-order valence-corrected chi connectivity index (χ1v) is 10.4. The summed E-state index contributed by atoms with van der Waals surface area (Å²) in [7, 11) is -2.36. The number of carbonyl (C=O) groups is 1. The molecule has 0 bridgehead atoms. The lowest BCUT2D eigenvalue weighted by atomic mass is 10.2. The number of hydrogen-bond acceptors (Lipinski definition) is 4. The molecule has 150 valence electrons. The molecule has 3 aromatic rings. The van der Waals surface area contributed by atoms with Crippen molar-refractivity contribution in [2.45, 2.75) is 11.8 Å². The Morgan fingerprint density at radius 3 is 2.28 bits per heavy atom. The number of nitrogens with one attached hydrogen (secondary N) is 1. The van der Waals surface area contributed by atoms with Gasteiger partial charge in [-0.15, -0.1) is 0 Å². The molecule has 29 heavy (non-hydrogen) atoms. The third kappa shape index (κ3) is 4.94. The monoisotopic (exact) mass is 410 g/mol. The second kappa shape index (κ2) is 8.79. The van der Waals surface area contributed by atoms with Crippen LogP contribution in [0.3, 0.4) is 0 Å². The van der Waals surface area contributed by atoms with Crippen LogP contribution in [0.2, 0.25) is 0 Å². The lowest BCUT2D eigenvalue weighted by Gasteiger charge is -2.24. The largest absolute Gasteiger partial charge is 0.497 e. The first-order valence-electron chi connectivity index (χ1n) is 8.98. The number of nitrogens with zero attached hydrogens (tertiary/aromatic N) is 1. The van der Waals surface area contributed by atoms with Crippen LogP contribution in [-0.2, 0) is 14.8 Å². The van der Waals surface area contributed by atoms with Crippen LogP contribution in [-0.4, -0.2) is 28.0 Å². The van der Waals surface area contributed by atoms with E-state index >= 15 is 0 Å². The van der Waals surface area contributed by atoms with Crippen molar-refractivity contribution >= 4 is 27.3 Å². The zero-order valence-corrected chi connectivity index (χ0v) is 17.0. The summed E-state index contributed by atoms with van der Waals surface area (Å²) in [5.74, 6) is 0.215. The van der Waals surface area contributed by atoms with Crippen molar-refractivity contribution in [3.63, 3.8) is 0 Å². The van der Waals surface area contributed by atoms with Gasteiger partial charge in [-0.1, -0.05) is 30.3 Å². The second-order valence-electron chi connectivity index (χ2n) is 6.44. The maximum Gasteiger partial charge on any atom is 0.264 e. The molecule has 0 radical (unpaired) electrons. The predicted molar refractivity (Wildman–Crippen MR) is 114 cm³/mol. The lowest BCUT2D eigenvalue weighted by Crippen LogP contribution is -2.38. The number of methoxy groups -OCH3 is 1. The van der Waals surface area contributed by atoms with Gasteiger partial charge in [-0.05, 0) is 61.0 Å². The van der Waals surface area contributed by atoms with E-state index in [1.807, 2.05) is 13.0 Å². The molecule has 1 amide bonds. The molecule has 7 heteroatoms. The number of hydrogen-bond donors (Lipinski definition) is 1. The van der Waals surface area contributed by atoms with Gasteiger partial charge in [-0.25, -0.2) is 8.42 Å². The molecule has 0 aliphatic carbocycles. The minimum Gasteiger partial charge on any atom is -0.497 e. The van der Waals surface area contributed by atoms with Gasteiger partial charge in [0.15, 0.2) is 0 Å². The van der Waals surface area contributed by atoms with E-state index in [0.29, 0.717) is 17.1 Å². The average molecular weight is 410 g/mol. The molecule has 0 heterocycles. The van der Waals surface area contributed by atoms with Crippen molar-refractivity contribution in [1.29, 1.82) is 0 Å². The smallest absolute Gasteiger partial charge is 0.264 e. The molecule has 0 aromatic heterocycles. The first-order chi connectivity index (χ1) is 13.9. The standard InChI is InChI=1S/C22H22N2O4S/c1-17-7-6-8-19(15-17)24(29(26,27)21-9-4-3-5-10-21)16-22(25)23-18-11-13-20(28-2)14-12-18/h3-15H,16H2,1-2H3,(H,23,25). The van der Waals surface area contributed by atoms with Crippen molar-refractivity contribution in [3.8, 4) is 5.75 Å². The minimum atomic E-state index is -3.92. The van der Waals surface area contributed by atoms with E-state index in [9.17, 15) is 13.2 Å². The number of aryl methyl sites for hydroxylation is 1. The van der Waals surface area contributed by atoms with E-state index in [-0.39, 0.29) is 11.4 Å². The summed E-state index contributed by atoms with van der Waals surface area (Å²) in [6.07, 6.45) is 0. The van der Waals surface area contributed by atoms with Crippen molar-refractivity contribution < 1.29 is 17.9 Å². The summed E-state index contributed by atoms with van der Waals surface area (Å²) in [4.78, 5) is 12.8. The van der Waals surface area contributed by atoms with Gasteiger partial charge in [0.25, 0.3) is 10.0 Å². The van der Waals surface area contributed by atoms with Gasteiger partial charge >= 0.3 is 0 Å². The Morgan fingerprint density at radius 2 is 1.66 bits per heavy atom. The Labute approximate surface area is 170 Å². The van der Waals surface area contributed by atoms with Crippen LogP contribution in [0, 0.1) is 6.92 Å². The Hall–Kier alpha value is -3.32. The van der Waals surface area contributed by atoms with E-state index in [4.69, 9.17) is 4.74 Å². The maximum atomic E-state index is 13.2. The highest BCUT2D eigenvalue weighted by Crippen LogP contribution is 2.24. The normalized spacial score (nSPS) is 11.0. The van der Waals surface area contributed by atoms with Crippen LogP contribution in [0.4, 0.5) is 11.4 Å². The second-order valence-corrected chi connectivity index (χ2v) is 8.30. The molecule has 0 spiro atoms. The molecule has 0 atom stereocenters. The van der Waals surface area contributed by atoms with Gasteiger partial charge in [0.05, 0.1) is 17.7 Å². The highest BCUT2D eigenvalue weighted by Gasteiger charge is 2.27. The summed E-state index contributed by atoms with van der Waals surface area (Å²) < 4.78 is 32.7. The number of carbonyl (C=O) groups excluding carboxylic acids is 1. The van der Waals surface area contributed by atoms with Crippen LogP contribution < -0.4 is 14.4 Å². The van der Waals surface area contributed by atoms with Gasteiger partial charge in [-0.3, -0.25) is 9.10 Å². The fourth-order valence-electron chi connectivity index (χ4n) is 2.82. The summed E-state index contributed by atoms with van der Waals surface area (Å²) >= 11 is 0. The summed E-state index contributed by atoms with van der Waals surface area (Å²) in [5.41, 5.74) is 1.88. The van der Waals surface area contributed by atoms with Crippen LogP contribution in [0.5, 0.6) is 5.75 Å². The number of sulfonamides is 1. The number of rotatable bonds is 7. The molecule has 6 nitrogen and oxygen atoms in total.